The maximum absolute atomic E-state index is 12.7. The van der Waals surface area contributed by atoms with Crippen molar-refractivity contribution in [3.05, 3.63) is 65.0 Å². The van der Waals surface area contributed by atoms with Crippen LogP contribution >= 0.6 is 11.3 Å². The molecule has 1 N–H and O–H groups in total. The highest BCUT2D eigenvalue weighted by molar-refractivity contribution is 7.15. The smallest absolute Gasteiger partial charge is 0.341 e. The van der Waals surface area contributed by atoms with Crippen LogP contribution in [0, 0.1) is 0 Å². The quantitative estimate of drug-likeness (QED) is 0.406. The molecule has 0 radical (unpaired) electrons. The molecule has 0 saturated carbocycles. The summed E-state index contributed by atoms with van der Waals surface area (Å²) in [4.78, 5) is 25.3. The number of thiophene rings is 1. The van der Waals surface area contributed by atoms with Gasteiger partial charge in [0.15, 0.2) is 11.5 Å². The van der Waals surface area contributed by atoms with Gasteiger partial charge in [-0.1, -0.05) is 36.4 Å². The van der Waals surface area contributed by atoms with Crippen molar-refractivity contribution in [1.29, 1.82) is 0 Å². The van der Waals surface area contributed by atoms with E-state index in [1.54, 1.807) is 14.0 Å². The standard InChI is InChI=1S/C25H27NO5S/c1-4-30-20-13-11-17(15-21(20)29-3)12-14-22(27)26-24-23(25(28)31-5-2)19(16-32-24)18-9-7-6-8-10-18/h6-11,13,15-16H,4-5,12,14H2,1-3H3,(H,26,27). The SMILES string of the molecule is CCOC(=O)c1c(-c2ccccc2)csc1NC(=O)CCc1ccc(OCC)c(OC)c1. The van der Waals surface area contributed by atoms with Crippen LogP contribution in [-0.4, -0.2) is 32.2 Å². The van der Waals surface area contributed by atoms with E-state index in [0.29, 0.717) is 35.1 Å². The zero-order valence-electron chi connectivity index (χ0n) is 18.5. The van der Waals surface area contributed by atoms with Crippen LogP contribution in [0.2, 0.25) is 0 Å². The molecule has 0 atom stereocenters. The lowest BCUT2D eigenvalue weighted by Crippen LogP contribution is -2.15. The summed E-state index contributed by atoms with van der Waals surface area (Å²) in [5.41, 5.74) is 3.00. The number of nitrogens with one attached hydrogen (secondary N) is 1. The van der Waals surface area contributed by atoms with Gasteiger partial charge in [-0.15, -0.1) is 11.3 Å². The molecular weight excluding hydrogens is 426 g/mol. The molecule has 6 nitrogen and oxygen atoms in total. The highest BCUT2D eigenvalue weighted by atomic mass is 32.1. The molecule has 32 heavy (non-hydrogen) atoms. The van der Waals surface area contributed by atoms with E-state index in [0.717, 1.165) is 16.7 Å². The monoisotopic (exact) mass is 453 g/mol. The molecule has 3 aromatic rings. The number of amides is 1. The first-order valence-corrected chi connectivity index (χ1v) is 11.4. The lowest BCUT2D eigenvalue weighted by atomic mass is 10.0. The number of rotatable bonds is 10. The van der Waals surface area contributed by atoms with E-state index in [1.165, 1.54) is 11.3 Å². The molecule has 0 bridgehead atoms. The molecule has 1 heterocycles. The summed E-state index contributed by atoms with van der Waals surface area (Å²) >= 11 is 1.32. The first-order chi connectivity index (χ1) is 15.6. The van der Waals surface area contributed by atoms with Crippen LogP contribution in [0.4, 0.5) is 5.00 Å². The van der Waals surface area contributed by atoms with Gasteiger partial charge in [0, 0.05) is 17.4 Å². The Balaban J connectivity index is 1.73. The molecule has 0 aliphatic heterocycles. The van der Waals surface area contributed by atoms with Gasteiger partial charge in [0.2, 0.25) is 5.91 Å². The lowest BCUT2D eigenvalue weighted by Gasteiger charge is -2.11. The molecule has 0 unspecified atom stereocenters. The number of benzene rings is 2. The van der Waals surface area contributed by atoms with E-state index in [-0.39, 0.29) is 18.9 Å². The molecule has 3 rings (SSSR count). The van der Waals surface area contributed by atoms with Crippen molar-refractivity contribution in [3.8, 4) is 22.6 Å². The fraction of sp³-hybridized carbons (Fsp3) is 0.280. The molecule has 168 valence electrons. The summed E-state index contributed by atoms with van der Waals surface area (Å²) in [5.74, 6) is 0.693. The van der Waals surface area contributed by atoms with Gasteiger partial charge < -0.3 is 19.5 Å². The number of aryl methyl sites for hydroxylation is 1. The summed E-state index contributed by atoms with van der Waals surface area (Å²) in [7, 11) is 1.59. The van der Waals surface area contributed by atoms with Crippen molar-refractivity contribution in [2.75, 3.05) is 25.6 Å². The summed E-state index contributed by atoms with van der Waals surface area (Å²) in [6.45, 7) is 4.48. The van der Waals surface area contributed by atoms with E-state index in [2.05, 4.69) is 5.32 Å². The van der Waals surface area contributed by atoms with Crippen molar-refractivity contribution >= 4 is 28.2 Å². The van der Waals surface area contributed by atoms with Gasteiger partial charge in [-0.25, -0.2) is 4.79 Å². The van der Waals surface area contributed by atoms with Gasteiger partial charge in [0.1, 0.15) is 10.6 Å². The fourth-order valence-electron chi connectivity index (χ4n) is 3.28. The number of carbonyl (C=O) groups excluding carboxylic acids is 2. The molecule has 2 aromatic carbocycles. The molecule has 1 amide bonds. The molecule has 0 fully saturated rings. The van der Waals surface area contributed by atoms with Gasteiger partial charge >= 0.3 is 5.97 Å². The number of methoxy groups -OCH3 is 1. The first-order valence-electron chi connectivity index (χ1n) is 10.5. The highest BCUT2D eigenvalue weighted by Gasteiger charge is 2.22. The van der Waals surface area contributed by atoms with E-state index < -0.39 is 5.97 Å². The molecule has 0 aliphatic rings. The number of anilines is 1. The molecule has 0 aliphatic carbocycles. The van der Waals surface area contributed by atoms with E-state index in [1.807, 2.05) is 60.8 Å². The normalized spacial score (nSPS) is 10.5. The van der Waals surface area contributed by atoms with Crippen LogP contribution in [0.1, 0.15) is 36.2 Å². The number of esters is 1. The van der Waals surface area contributed by atoms with Crippen LogP contribution in [-0.2, 0) is 16.0 Å². The number of hydrogen-bond donors (Lipinski definition) is 1. The Bertz CT molecular complexity index is 1060. The third-order valence-corrected chi connectivity index (χ3v) is 5.67. The van der Waals surface area contributed by atoms with Gasteiger partial charge in [-0.05, 0) is 43.5 Å². The second-order valence-electron chi connectivity index (χ2n) is 6.91. The van der Waals surface area contributed by atoms with Crippen LogP contribution in [0.5, 0.6) is 11.5 Å². The topological polar surface area (TPSA) is 73.9 Å². The molecule has 7 heteroatoms. The third kappa shape index (κ3) is 5.68. The van der Waals surface area contributed by atoms with Crippen LogP contribution < -0.4 is 14.8 Å². The maximum atomic E-state index is 12.7. The predicted octanol–water partition coefficient (Wildman–Crippen LogP) is 5.57. The third-order valence-electron chi connectivity index (χ3n) is 4.78. The largest absolute Gasteiger partial charge is 0.493 e. The second kappa shape index (κ2) is 11.3. The number of carbonyl (C=O) groups is 2. The van der Waals surface area contributed by atoms with E-state index in [9.17, 15) is 9.59 Å². The summed E-state index contributed by atoms with van der Waals surface area (Å²) in [6.07, 6.45) is 0.790. The van der Waals surface area contributed by atoms with E-state index in [4.69, 9.17) is 14.2 Å². The minimum atomic E-state index is -0.445. The minimum absolute atomic E-state index is 0.176. The van der Waals surface area contributed by atoms with Crippen molar-refractivity contribution in [2.45, 2.75) is 26.7 Å². The van der Waals surface area contributed by atoms with Crippen LogP contribution in [0.25, 0.3) is 11.1 Å². The number of hydrogen-bond acceptors (Lipinski definition) is 6. The fourth-order valence-corrected chi connectivity index (χ4v) is 4.25. The Morgan fingerprint density at radius 2 is 1.78 bits per heavy atom. The number of ether oxygens (including phenoxy) is 3. The van der Waals surface area contributed by atoms with Crippen molar-refractivity contribution in [3.63, 3.8) is 0 Å². The Morgan fingerprint density at radius 3 is 2.47 bits per heavy atom. The van der Waals surface area contributed by atoms with Crippen molar-refractivity contribution in [2.24, 2.45) is 0 Å². The van der Waals surface area contributed by atoms with E-state index >= 15 is 0 Å². The van der Waals surface area contributed by atoms with Crippen molar-refractivity contribution in [1.82, 2.24) is 0 Å². The lowest BCUT2D eigenvalue weighted by molar-refractivity contribution is -0.116. The molecule has 1 aromatic heterocycles. The van der Waals surface area contributed by atoms with Crippen LogP contribution in [0.15, 0.2) is 53.9 Å². The zero-order chi connectivity index (χ0) is 22.9. The molecule has 0 spiro atoms. The summed E-state index contributed by atoms with van der Waals surface area (Å²) in [5, 5.41) is 5.26. The summed E-state index contributed by atoms with van der Waals surface area (Å²) in [6, 6.07) is 15.2. The molecule has 0 saturated heterocycles. The Kier molecular flexibility index (Phi) is 8.27. The highest BCUT2D eigenvalue weighted by Crippen LogP contribution is 2.36. The van der Waals surface area contributed by atoms with Crippen molar-refractivity contribution < 1.29 is 23.8 Å². The van der Waals surface area contributed by atoms with Gasteiger partial charge in [-0.3, -0.25) is 4.79 Å². The Hall–Kier alpha value is -3.32. The average molecular weight is 454 g/mol. The van der Waals surface area contributed by atoms with Gasteiger partial charge in [0.05, 0.1) is 20.3 Å². The maximum Gasteiger partial charge on any atom is 0.341 e. The first kappa shape index (κ1) is 23.3. The van der Waals surface area contributed by atoms with Crippen LogP contribution in [0.3, 0.4) is 0 Å². The summed E-state index contributed by atoms with van der Waals surface area (Å²) < 4.78 is 16.2. The average Bonchev–Trinajstić information content (AvgIpc) is 3.22. The predicted molar refractivity (Wildman–Crippen MR) is 127 cm³/mol. The Labute approximate surface area is 192 Å². The van der Waals surface area contributed by atoms with Gasteiger partial charge in [-0.2, -0.15) is 0 Å². The minimum Gasteiger partial charge on any atom is -0.493 e. The Morgan fingerprint density at radius 1 is 1.00 bits per heavy atom. The second-order valence-corrected chi connectivity index (χ2v) is 7.79. The molecular formula is C25H27NO5S. The zero-order valence-corrected chi connectivity index (χ0v) is 19.3. The van der Waals surface area contributed by atoms with Gasteiger partial charge in [0.25, 0.3) is 0 Å².